The monoisotopic (exact) mass is 657 g/mol. The number of esters is 1. The zero-order valence-corrected chi connectivity index (χ0v) is 28.1. The van der Waals surface area contributed by atoms with E-state index < -0.39 is 59.6 Å². The first-order chi connectivity index (χ1) is 23.1. The molecule has 0 unspecified atom stereocenters. The molecule has 256 valence electrons. The molecule has 5 rings (SSSR count). The minimum atomic E-state index is -1.26. The van der Waals surface area contributed by atoms with E-state index in [0.29, 0.717) is 31.4 Å². The first kappa shape index (κ1) is 35.0. The highest BCUT2D eigenvalue weighted by Gasteiger charge is 2.75. The molecule has 48 heavy (non-hydrogen) atoms. The van der Waals surface area contributed by atoms with Crippen molar-refractivity contribution in [1.29, 1.82) is 0 Å². The lowest BCUT2D eigenvalue weighted by molar-refractivity contribution is -0.165. The van der Waals surface area contributed by atoms with E-state index in [1.54, 1.807) is 35.9 Å². The van der Waals surface area contributed by atoms with Crippen molar-refractivity contribution >= 4 is 23.7 Å². The van der Waals surface area contributed by atoms with Crippen molar-refractivity contribution < 1.29 is 33.8 Å². The Labute approximate surface area is 283 Å². The van der Waals surface area contributed by atoms with E-state index >= 15 is 0 Å². The number of aliphatic hydroxyl groups is 1. The number of nitrogens with zero attached hydrogens (tertiary/aromatic N) is 3. The van der Waals surface area contributed by atoms with Gasteiger partial charge in [0.1, 0.15) is 17.7 Å². The molecule has 2 aromatic rings. The van der Waals surface area contributed by atoms with Crippen LogP contribution in [0.5, 0.6) is 0 Å². The molecule has 3 saturated heterocycles. The van der Waals surface area contributed by atoms with Crippen molar-refractivity contribution in [2.75, 3.05) is 20.2 Å². The molecule has 3 aliphatic rings. The van der Waals surface area contributed by atoms with Crippen LogP contribution in [0.25, 0.3) is 0 Å². The van der Waals surface area contributed by atoms with Crippen LogP contribution in [-0.2, 0) is 35.2 Å². The minimum Gasteiger partial charge on any atom is -0.455 e. The third kappa shape index (κ3) is 6.43. The number of carbonyl (C=O) groups excluding carboxylic acids is 4. The zero-order chi connectivity index (χ0) is 34.6. The van der Waals surface area contributed by atoms with Gasteiger partial charge in [-0.3, -0.25) is 19.2 Å². The van der Waals surface area contributed by atoms with Crippen LogP contribution in [0.15, 0.2) is 86.0 Å². The van der Waals surface area contributed by atoms with Crippen molar-refractivity contribution in [3.8, 4) is 0 Å². The van der Waals surface area contributed by atoms with Gasteiger partial charge in [-0.05, 0) is 44.2 Å². The van der Waals surface area contributed by atoms with Gasteiger partial charge in [0.15, 0.2) is 0 Å². The van der Waals surface area contributed by atoms with Gasteiger partial charge in [-0.15, -0.1) is 13.2 Å². The first-order valence-corrected chi connectivity index (χ1v) is 16.8. The highest BCUT2D eigenvalue weighted by Crippen LogP contribution is 2.59. The zero-order valence-electron chi connectivity index (χ0n) is 28.1. The summed E-state index contributed by atoms with van der Waals surface area (Å²) >= 11 is 0. The topological polar surface area (TPSA) is 117 Å². The Balaban J connectivity index is 1.47. The second kappa shape index (κ2) is 14.9. The molecule has 0 radical (unpaired) electrons. The summed E-state index contributed by atoms with van der Waals surface area (Å²) in [5.41, 5.74) is 0.371. The van der Waals surface area contributed by atoms with Gasteiger partial charge in [-0.2, -0.15) is 0 Å². The summed E-state index contributed by atoms with van der Waals surface area (Å²) in [7, 11) is 1.69. The second-order valence-corrected chi connectivity index (χ2v) is 13.2. The third-order valence-corrected chi connectivity index (χ3v) is 10.2. The number of fused-ring (bicyclic) bond motifs is 1. The van der Waals surface area contributed by atoms with Crippen LogP contribution >= 0.6 is 0 Å². The van der Waals surface area contributed by atoms with Crippen LogP contribution in [0.4, 0.5) is 0 Å². The summed E-state index contributed by atoms with van der Waals surface area (Å²) in [6, 6.07) is 16.5. The predicted molar refractivity (Wildman–Crippen MR) is 180 cm³/mol. The standard InChI is InChI=1S/C38H47N3O7/c1-6-8-19-30(43)39(5)26(4)33(28-17-13-10-14-18-28)47-37(46)31-29-20-21-38(48-29)32(31)35(44)41(25(3)24-42)34(38)36(45)40(22-7-2)23-27-15-11-9-12-16-27/h6-7,9-18,25-26,29,31-34,42H,1-2,8,19-24H2,3-5H3/t25-,26-,29-,31+,32+,33+,34-,38+/m1/s1. The van der Waals surface area contributed by atoms with Crippen LogP contribution in [-0.4, -0.2) is 93.5 Å². The van der Waals surface area contributed by atoms with Crippen molar-refractivity contribution in [1.82, 2.24) is 14.7 Å². The third-order valence-electron chi connectivity index (χ3n) is 10.2. The number of ether oxygens (including phenoxy) is 2. The van der Waals surface area contributed by atoms with Gasteiger partial charge in [0.25, 0.3) is 0 Å². The van der Waals surface area contributed by atoms with E-state index in [4.69, 9.17) is 9.47 Å². The van der Waals surface area contributed by atoms with Crippen molar-refractivity contribution in [3.05, 3.63) is 97.1 Å². The lowest BCUT2D eigenvalue weighted by Crippen LogP contribution is -2.58. The number of likely N-dealkylation sites (N-methyl/N-ethyl adjacent to an activating group) is 1. The van der Waals surface area contributed by atoms with Crippen LogP contribution < -0.4 is 0 Å². The molecular formula is C38H47N3O7. The van der Waals surface area contributed by atoms with E-state index in [-0.39, 0.29) is 31.4 Å². The number of allylic oxidation sites excluding steroid dienone is 1. The van der Waals surface area contributed by atoms with Crippen molar-refractivity contribution in [2.24, 2.45) is 11.8 Å². The Bertz CT molecular complexity index is 1500. The van der Waals surface area contributed by atoms with Crippen LogP contribution in [0.2, 0.25) is 0 Å². The van der Waals surface area contributed by atoms with E-state index in [0.717, 1.165) is 5.56 Å². The SMILES string of the molecule is C=CCCC(=O)N(C)[C@H](C)[C@H](OC(=O)[C@@H]1[C@H]2C(=O)N([C@H](C)CO)[C@H](C(=O)N(CC=C)Cc3ccccc3)[C@]23CC[C@H]1O3)c1ccccc1. The Morgan fingerprint density at radius 1 is 1.08 bits per heavy atom. The summed E-state index contributed by atoms with van der Waals surface area (Å²) in [6.07, 6.45) is 3.58. The van der Waals surface area contributed by atoms with Gasteiger partial charge in [-0.25, -0.2) is 0 Å². The smallest absolute Gasteiger partial charge is 0.313 e. The Morgan fingerprint density at radius 2 is 1.75 bits per heavy atom. The lowest BCUT2D eigenvalue weighted by Gasteiger charge is -2.38. The van der Waals surface area contributed by atoms with Crippen molar-refractivity contribution in [3.63, 3.8) is 0 Å². The summed E-state index contributed by atoms with van der Waals surface area (Å²) in [5, 5.41) is 10.2. The highest BCUT2D eigenvalue weighted by atomic mass is 16.6. The number of rotatable bonds is 15. The quantitative estimate of drug-likeness (QED) is 0.227. The Morgan fingerprint density at radius 3 is 2.38 bits per heavy atom. The maximum Gasteiger partial charge on any atom is 0.313 e. The fraction of sp³-hybridized carbons (Fsp3) is 0.474. The summed E-state index contributed by atoms with van der Waals surface area (Å²) < 4.78 is 12.9. The van der Waals surface area contributed by atoms with Crippen molar-refractivity contribution in [2.45, 2.75) is 82.0 Å². The second-order valence-electron chi connectivity index (χ2n) is 13.2. The van der Waals surface area contributed by atoms with Gasteiger partial charge in [-0.1, -0.05) is 72.8 Å². The largest absolute Gasteiger partial charge is 0.455 e. The normalized spacial score (nSPS) is 25.9. The summed E-state index contributed by atoms with van der Waals surface area (Å²) in [4.78, 5) is 60.9. The molecular weight excluding hydrogens is 610 g/mol. The minimum absolute atomic E-state index is 0.109. The molecule has 3 amide bonds. The summed E-state index contributed by atoms with van der Waals surface area (Å²) in [5.74, 6) is -3.36. The van der Waals surface area contributed by atoms with E-state index in [2.05, 4.69) is 13.2 Å². The average molecular weight is 658 g/mol. The number of hydrogen-bond donors (Lipinski definition) is 1. The molecule has 3 heterocycles. The molecule has 2 bridgehead atoms. The molecule has 8 atom stereocenters. The fourth-order valence-electron chi connectivity index (χ4n) is 7.69. The lowest BCUT2D eigenvalue weighted by atomic mass is 9.70. The molecule has 3 aliphatic heterocycles. The number of amides is 3. The molecule has 10 nitrogen and oxygen atoms in total. The van der Waals surface area contributed by atoms with Gasteiger partial charge in [0, 0.05) is 26.6 Å². The molecule has 0 aromatic heterocycles. The maximum atomic E-state index is 14.5. The molecule has 1 N–H and O–H groups in total. The summed E-state index contributed by atoms with van der Waals surface area (Å²) in [6.45, 7) is 11.2. The number of carbonyl (C=O) groups is 4. The Kier molecular flexibility index (Phi) is 10.9. The fourth-order valence-corrected chi connectivity index (χ4v) is 7.69. The van der Waals surface area contributed by atoms with Crippen LogP contribution in [0.3, 0.4) is 0 Å². The average Bonchev–Trinajstić information content (AvgIpc) is 3.76. The van der Waals surface area contributed by atoms with Crippen LogP contribution in [0, 0.1) is 11.8 Å². The molecule has 1 spiro atoms. The highest BCUT2D eigenvalue weighted by molar-refractivity contribution is 5.98. The number of likely N-dealkylation sites (tertiary alicyclic amines) is 1. The predicted octanol–water partition coefficient (Wildman–Crippen LogP) is 4.05. The van der Waals surface area contributed by atoms with E-state index in [1.807, 2.05) is 67.6 Å². The maximum absolute atomic E-state index is 14.5. The molecule has 10 heteroatoms. The molecule has 2 aromatic carbocycles. The molecule has 0 aliphatic carbocycles. The van der Waals surface area contributed by atoms with Crippen LogP contribution in [0.1, 0.15) is 56.8 Å². The van der Waals surface area contributed by atoms with Gasteiger partial charge in [0.05, 0.1) is 36.6 Å². The molecule has 0 saturated carbocycles. The van der Waals surface area contributed by atoms with E-state index in [1.165, 1.54) is 4.90 Å². The van der Waals surface area contributed by atoms with Gasteiger partial charge < -0.3 is 29.3 Å². The molecule has 3 fully saturated rings. The van der Waals surface area contributed by atoms with Gasteiger partial charge >= 0.3 is 5.97 Å². The Hall–Kier alpha value is -4.28. The first-order valence-electron chi connectivity index (χ1n) is 16.8. The number of aliphatic hydroxyl groups excluding tert-OH is 1. The van der Waals surface area contributed by atoms with E-state index in [9.17, 15) is 24.3 Å². The van der Waals surface area contributed by atoms with Gasteiger partial charge in [0.2, 0.25) is 17.7 Å². The number of hydrogen-bond acceptors (Lipinski definition) is 7. The number of benzene rings is 2.